The Hall–Kier alpha value is -4.56. The van der Waals surface area contributed by atoms with Gasteiger partial charge in [-0.3, -0.25) is 4.79 Å². The predicted octanol–water partition coefficient (Wildman–Crippen LogP) is 5.50. The lowest BCUT2D eigenvalue weighted by Gasteiger charge is -2.13. The van der Waals surface area contributed by atoms with Crippen LogP contribution in [-0.4, -0.2) is 39.4 Å². The molecule has 0 heterocycles. The van der Waals surface area contributed by atoms with Crippen LogP contribution < -0.4 is 24.4 Å². The standard InChI is InChI=1S/C28H23ClN2O6/c1-34-24-14-18(15-25(35-2)26(24)36-3)27(32)31-30-16-21-19-9-5-4-8-17(19)12-13-23(21)37-28(33)20-10-6-7-11-22(20)29/h4-16H,1-3H3,(H,31,32)/b30-16+. The molecule has 37 heavy (non-hydrogen) atoms. The summed E-state index contributed by atoms with van der Waals surface area (Å²) in [5, 5.41) is 6.08. The monoisotopic (exact) mass is 518 g/mol. The van der Waals surface area contributed by atoms with Gasteiger partial charge in [0, 0.05) is 11.1 Å². The first-order valence-electron chi connectivity index (χ1n) is 11.1. The maximum Gasteiger partial charge on any atom is 0.345 e. The van der Waals surface area contributed by atoms with E-state index in [9.17, 15) is 9.59 Å². The van der Waals surface area contributed by atoms with E-state index in [-0.39, 0.29) is 21.9 Å². The number of fused-ring (bicyclic) bond motifs is 1. The fraction of sp³-hybridized carbons (Fsp3) is 0.107. The van der Waals surface area contributed by atoms with Gasteiger partial charge in [-0.25, -0.2) is 10.2 Å². The van der Waals surface area contributed by atoms with Crippen LogP contribution in [0.2, 0.25) is 5.02 Å². The first-order chi connectivity index (χ1) is 18.0. The second-order valence-electron chi connectivity index (χ2n) is 7.68. The highest BCUT2D eigenvalue weighted by molar-refractivity contribution is 6.33. The highest BCUT2D eigenvalue weighted by Crippen LogP contribution is 2.38. The van der Waals surface area contributed by atoms with Crippen molar-refractivity contribution >= 4 is 40.5 Å². The molecule has 0 radical (unpaired) electrons. The minimum absolute atomic E-state index is 0.232. The van der Waals surface area contributed by atoms with E-state index in [2.05, 4.69) is 10.5 Å². The molecule has 1 N–H and O–H groups in total. The van der Waals surface area contributed by atoms with E-state index in [1.54, 1.807) is 30.3 Å². The number of hydrogen-bond acceptors (Lipinski definition) is 7. The van der Waals surface area contributed by atoms with Crippen molar-refractivity contribution in [1.29, 1.82) is 0 Å². The molecule has 8 nitrogen and oxygen atoms in total. The molecule has 0 saturated carbocycles. The smallest absolute Gasteiger partial charge is 0.345 e. The fourth-order valence-electron chi connectivity index (χ4n) is 3.71. The Morgan fingerprint density at radius 1 is 0.838 bits per heavy atom. The first kappa shape index (κ1) is 25.5. The largest absolute Gasteiger partial charge is 0.493 e. The van der Waals surface area contributed by atoms with Crippen LogP contribution in [0.25, 0.3) is 10.8 Å². The average Bonchev–Trinajstić information content (AvgIpc) is 2.93. The summed E-state index contributed by atoms with van der Waals surface area (Å²) in [6.07, 6.45) is 1.42. The van der Waals surface area contributed by atoms with Gasteiger partial charge in [-0.2, -0.15) is 5.10 Å². The van der Waals surface area contributed by atoms with Gasteiger partial charge in [0.2, 0.25) is 5.75 Å². The molecular formula is C28H23ClN2O6. The van der Waals surface area contributed by atoms with Crippen molar-refractivity contribution in [2.75, 3.05) is 21.3 Å². The average molecular weight is 519 g/mol. The number of hydrazone groups is 1. The topological polar surface area (TPSA) is 95.5 Å². The van der Waals surface area contributed by atoms with E-state index in [1.807, 2.05) is 30.3 Å². The summed E-state index contributed by atoms with van der Waals surface area (Å²) >= 11 is 6.16. The number of ether oxygens (including phenoxy) is 4. The Kier molecular flexibility index (Phi) is 7.90. The second-order valence-corrected chi connectivity index (χ2v) is 8.09. The van der Waals surface area contributed by atoms with Gasteiger partial charge in [0.1, 0.15) is 5.75 Å². The van der Waals surface area contributed by atoms with Gasteiger partial charge in [0.05, 0.1) is 38.1 Å². The number of esters is 1. The minimum atomic E-state index is -0.614. The third kappa shape index (κ3) is 5.49. The number of carbonyl (C=O) groups is 2. The fourth-order valence-corrected chi connectivity index (χ4v) is 3.92. The van der Waals surface area contributed by atoms with E-state index >= 15 is 0 Å². The lowest BCUT2D eigenvalue weighted by atomic mass is 10.0. The quantitative estimate of drug-likeness (QED) is 0.143. The van der Waals surface area contributed by atoms with Crippen molar-refractivity contribution < 1.29 is 28.5 Å². The predicted molar refractivity (Wildman–Crippen MR) is 142 cm³/mol. The number of carbonyl (C=O) groups excluding carboxylic acids is 2. The number of hydrogen-bond donors (Lipinski definition) is 1. The molecule has 0 aliphatic rings. The first-order valence-corrected chi connectivity index (χ1v) is 11.5. The van der Waals surface area contributed by atoms with Crippen molar-refractivity contribution in [3.8, 4) is 23.0 Å². The van der Waals surface area contributed by atoms with Crippen LogP contribution in [0.5, 0.6) is 23.0 Å². The molecule has 4 aromatic carbocycles. The lowest BCUT2D eigenvalue weighted by Crippen LogP contribution is -2.18. The summed E-state index contributed by atoms with van der Waals surface area (Å²) in [5.41, 5.74) is 3.47. The van der Waals surface area contributed by atoms with Crippen molar-refractivity contribution in [2.45, 2.75) is 0 Å². The molecular weight excluding hydrogens is 496 g/mol. The number of halogens is 1. The van der Waals surface area contributed by atoms with E-state index in [0.29, 0.717) is 22.8 Å². The summed E-state index contributed by atoms with van der Waals surface area (Å²) in [7, 11) is 4.40. The highest BCUT2D eigenvalue weighted by Gasteiger charge is 2.18. The molecule has 0 spiro atoms. The highest BCUT2D eigenvalue weighted by atomic mass is 35.5. The summed E-state index contributed by atoms with van der Waals surface area (Å²) in [6.45, 7) is 0. The number of rotatable bonds is 8. The van der Waals surface area contributed by atoms with E-state index < -0.39 is 11.9 Å². The minimum Gasteiger partial charge on any atom is -0.493 e. The molecule has 9 heteroatoms. The Morgan fingerprint density at radius 2 is 1.51 bits per heavy atom. The number of benzene rings is 4. The third-order valence-corrected chi connectivity index (χ3v) is 5.84. The molecule has 0 atom stereocenters. The zero-order valence-electron chi connectivity index (χ0n) is 20.3. The number of nitrogens with zero attached hydrogens (tertiary/aromatic N) is 1. The van der Waals surface area contributed by atoms with Crippen LogP contribution in [0.15, 0.2) is 77.9 Å². The van der Waals surface area contributed by atoms with Gasteiger partial charge in [-0.15, -0.1) is 0 Å². The molecule has 0 saturated heterocycles. The van der Waals surface area contributed by atoms with Crippen LogP contribution in [0.3, 0.4) is 0 Å². The Morgan fingerprint density at radius 3 is 2.19 bits per heavy atom. The molecule has 4 aromatic rings. The maximum absolute atomic E-state index is 12.8. The maximum atomic E-state index is 12.8. The molecule has 0 aliphatic carbocycles. The van der Waals surface area contributed by atoms with Crippen molar-refractivity contribution in [3.05, 3.63) is 94.5 Å². The van der Waals surface area contributed by atoms with Crippen LogP contribution in [0.4, 0.5) is 0 Å². The van der Waals surface area contributed by atoms with Gasteiger partial charge in [-0.1, -0.05) is 54.1 Å². The molecule has 4 rings (SSSR count). The molecule has 188 valence electrons. The van der Waals surface area contributed by atoms with E-state index in [0.717, 1.165) is 10.8 Å². The summed E-state index contributed by atoms with van der Waals surface area (Å²) in [4.78, 5) is 25.7. The van der Waals surface area contributed by atoms with Crippen LogP contribution in [0, 0.1) is 0 Å². The van der Waals surface area contributed by atoms with E-state index in [4.69, 9.17) is 30.5 Å². The second kappa shape index (κ2) is 11.5. The van der Waals surface area contributed by atoms with Crippen molar-refractivity contribution in [2.24, 2.45) is 5.10 Å². The molecule has 1 amide bonds. The number of amides is 1. The molecule has 0 bridgehead atoms. The van der Waals surface area contributed by atoms with Crippen LogP contribution in [0.1, 0.15) is 26.3 Å². The van der Waals surface area contributed by atoms with Crippen molar-refractivity contribution in [3.63, 3.8) is 0 Å². The van der Waals surface area contributed by atoms with E-state index in [1.165, 1.54) is 39.7 Å². The van der Waals surface area contributed by atoms with Gasteiger partial charge >= 0.3 is 5.97 Å². The molecule has 0 unspecified atom stereocenters. The van der Waals surface area contributed by atoms with Crippen molar-refractivity contribution in [1.82, 2.24) is 5.43 Å². The lowest BCUT2D eigenvalue weighted by molar-refractivity contribution is 0.0734. The Bertz CT molecular complexity index is 1480. The van der Waals surface area contributed by atoms with Crippen LogP contribution >= 0.6 is 11.6 Å². The number of methoxy groups -OCH3 is 3. The normalized spacial score (nSPS) is 10.8. The molecule has 0 aliphatic heterocycles. The Balaban J connectivity index is 1.64. The number of nitrogens with one attached hydrogen (secondary N) is 1. The zero-order chi connectivity index (χ0) is 26.4. The zero-order valence-corrected chi connectivity index (χ0v) is 21.0. The molecule has 0 fully saturated rings. The molecule has 0 aromatic heterocycles. The van der Waals surface area contributed by atoms with Crippen LogP contribution in [-0.2, 0) is 0 Å². The van der Waals surface area contributed by atoms with Gasteiger partial charge in [0.25, 0.3) is 5.91 Å². The van der Waals surface area contributed by atoms with Gasteiger partial charge in [0.15, 0.2) is 11.5 Å². The Labute approximate surface area is 218 Å². The summed E-state index contributed by atoms with van der Waals surface area (Å²) in [5.74, 6) is 0.167. The van der Waals surface area contributed by atoms with Gasteiger partial charge < -0.3 is 18.9 Å². The summed E-state index contributed by atoms with van der Waals surface area (Å²) < 4.78 is 21.6. The SMILES string of the molecule is COc1cc(C(=O)N/N=C/c2c(OC(=O)c3ccccc3Cl)ccc3ccccc23)cc(OC)c1OC. The third-order valence-electron chi connectivity index (χ3n) is 5.51. The summed E-state index contributed by atoms with van der Waals surface area (Å²) in [6, 6.07) is 20.7. The van der Waals surface area contributed by atoms with Gasteiger partial charge in [-0.05, 0) is 41.1 Å².